The van der Waals surface area contributed by atoms with Crippen molar-refractivity contribution >= 4 is 17.4 Å². The Hall–Kier alpha value is -1.08. The number of anilines is 1. The van der Waals surface area contributed by atoms with Crippen LogP contribution in [0.2, 0.25) is 5.15 Å². The number of aromatic nitrogens is 2. The molecule has 1 aromatic heterocycles. The fourth-order valence-corrected chi connectivity index (χ4v) is 1.71. The molecule has 0 aliphatic carbocycles. The summed E-state index contributed by atoms with van der Waals surface area (Å²) in [7, 11) is 1.44. The Labute approximate surface area is 114 Å². The van der Waals surface area contributed by atoms with Crippen LogP contribution in [0.15, 0.2) is 6.07 Å². The number of halogens is 4. The maximum Gasteiger partial charge on any atom is 0.405 e. The summed E-state index contributed by atoms with van der Waals surface area (Å²) in [5.74, 6) is 0.386. The minimum absolute atomic E-state index is 0.0878. The first kappa shape index (κ1) is 16.0. The number of methoxy groups -OCH3 is 1. The predicted octanol–water partition coefficient (Wildman–Crippen LogP) is 3.05. The van der Waals surface area contributed by atoms with Crippen LogP contribution in [0, 0.1) is 0 Å². The first-order chi connectivity index (χ1) is 8.73. The summed E-state index contributed by atoms with van der Waals surface area (Å²) < 4.78 is 42.5. The summed E-state index contributed by atoms with van der Waals surface area (Å²) in [5, 5.41) is 0.0878. The minimum atomic E-state index is -4.32. The highest BCUT2D eigenvalue weighted by molar-refractivity contribution is 6.29. The first-order valence-electron chi connectivity index (χ1n) is 5.58. The summed E-state index contributed by atoms with van der Waals surface area (Å²) in [6, 6.07) is 0.940. The van der Waals surface area contributed by atoms with Crippen molar-refractivity contribution in [1.29, 1.82) is 0 Å². The van der Waals surface area contributed by atoms with Crippen molar-refractivity contribution in [2.24, 2.45) is 0 Å². The zero-order chi connectivity index (χ0) is 14.6. The monoisotopic (exact) mass is 297 g/mol. The topological polar surface area (TPSA) is 38.2 Å². The van der Waals surface area contributed by atoms with Crippen molar-refractivity contribution in [3.05, 3.63) is 17.0 Å². The second-order valence-corrected chi connectivity index (χ2v) is 4.62. The van der Waals surface area contributed by atoms with E-state index in [-0.39, 0.29) is 29.4 Å². The van der Waals surface area contributed by atoms with Gasteiger partial charge in [-0.15, -0.1) is 0 Å². The van der Waals surface area contributed by atoms with Crippen molar-refractivity contribution in [2.45, 2.75) is 32.7 Å². The Balaban J connectivity index is 3.08. The fraction of sp³-hybridized carbons (Fsp3) is 0.636. The molecule has 0 atom stereocenters. The minimum Gasteiger partial charge on any atom is -0.377 e. The van der Waals surface area contributed by atoms with Gasteiger partial charge in [0.15, 0.2) is 5.82 Å². The van der Waals surface area contributed by atoms with E-state index >= 15 is 0 Å². The van der Waals surface area contributed by atoms with Gasteiger partial charge in [0.05, 0.1) is 0 Å². The molecule has 1 heterocycles. The van der Waals surface area contributed by atoms with Crippen molar-refractivity contribution in [1.82, 2.24) is 9.97 Å². The van der Waals surface area contributed by atoms with Crippen LogP contribution in [0.5, 0.6) is 0 Å². The standard InChI is InChI=1S/C11H15ClF3N3O/c1-7(2)18(6-11(13,14)15)10-4-8(12)16-9(17-10)5-19-3/h4,7H,5-6H2,1-3H3. The van der Waals surface area contributed by atoms with E-state index in [1.807, 2.05) is 0 Å². The average Bonchev–Trinajstić information content (AvgIpc) is 2.24. The average molecular weight is 298 g/mol. The van der Waals surface area contributed by atoms with E-state index in [9.17, 15) is 13.2 Å². The third-order valence-electron chi connectivity index (χ3n) is 2.27. The van der Waals surface area contributed by atoms with Crippen LogP contribution in [-0.2, 0) is 11.3 Å². The molecule has 108 valence electrons. The highest BCUT2D eigenvalue weighted by Gasteiger charge is 2.32. The molecule has 0 bridgehead atoms. The maximum atomic E-state index is 12.6. The van der Waals surface area contributed by atoms with Gasteiger partial charge in [-0.25, -0.2) is 9.97 Å². The van der Waals surface area contributed by atoms with Crippen LogP contribution >= 0.6 is 11.6 Å². The highest BCUT2D eigenvalue weighted by atomic mass is 35.5. The first-order valence-corrected chi connectivity index (χ1v) is 5.96. The van der Waals surface area contributed by atoms with E-state index in [0.29, 0.717) is 0 Å². The molecule has 0 unspecified atom stereocenters. The van der Waals surface area contributed by atoms with Gasteiger partial charge >= 0.3 is 6.18 Å². The molecule has 0 aliphatic rings. The van der Waals surface area contributed by atoms with Gasteiger partial charge in [0.1, 0.15) is 24.1 Å². The summed E-state index contributed by atoms with van der Waals surface area (Å²) in [5.41, 5.74) is 0. The lowest BCUT2D eigenvalue weighted by atomic mass is 10.3. The Morgan fingerprint density at radius 3 is 2.47 bits per heavy atom. The largest absolute Gasteiger partial charge is 0.405 e. The molecule has 0 saturated carbocycles. The molecule has 8 heteroatoms. The van der Waals surface area contributed by atoms with Crippen molar-refractivity contribution in [2.75, 3.05) is 18.6 Å². The fourth-order valence-electron chi connectivity index (χ4n) is 1.51. The number of ether oxygens (including phenoxy) is 1. The highest BCUT2D eigenvalue weighted by Crippen LogP contribution is 2.24. The number of hydrogen-bond donors (Lipinski definition) is 0. The Kier molecular flexibility index (Phi) is 5.37. The number of alkyl halides is 3. The molecule has 0 spiro atoms. The van der Waals surface area contributed by atoms with Gasteiger partial charge < -0.3 is 9.64 Å². The van der Waals surface area contributed by atoms with Gasteiger partial charge in [-0.05, 0) is 13.8 Å². The summed E-state index contributed by atoms with van der Waals surface area (Å²) in [4.78, 5) is 9.04. The van der Waals surface area contributed by atoms with Crippen LogP contribution in [0.3, 0.4) is 0 Å². The summed E-state index contributed by atoms with van der Waals surface area (Å²) in [6.07, 6.45) is -4.32. The zero-order valence-corrected chi connectivity index (χ0v) is 11.6. The van der Waals surface area contributed by atoms with Crippen molar-refractivity contribution in [3.63, 3.8) is 0 Å². The molecule has 0 aliphatic heterocycles. The van der Waals surface area contributed by atoms with Crippen LogP contribution in [0.4, 0.5) is 19.0 Å². The van der Waals surface area contributed by atoms with E-state index in [1.54, 1.807) is 13.8 Å². The van der Waals surface area contributed by atoms with E-state index in [1.165, 1.54) is 13.2 Å². The molecule has 1 rings (SSSR count). The number of nitrogens with zero attached hydrogens (tertiary/aromatic N) is 3. The number of hydrogen-bond acceptors (Lipinski definition) is 4. The smallest absolute Gasteiger partial charge is 0.377 e. The Morgan fingerprint density at radius 1 is 1.37 bits per heavy atom. The molecule has 1 aromatic rings. The van der Waals surface area contributed by atoms with Crippen LogP contribution in [0.25, 0.3) is 0 Å². The predicted molar refractivity (Wildman–Crippen MR) is 66.3 cm³/mol. The third kappa shape index (κ3) is 5.20. The van der Waals surface area contributed by atoms with Crippen molar-refractivity contribution < 1.29 is 17.9 Å². The van der Waals surface area contributed by atoms with E-state index < -0.39 is 12.7 Å². The van der Waals surface area contributed by atoms with E-state index in [2.05, 4.69) is 9.97 Å². The van der Waals surface area contributed by atoms with Gasteiger partial charge in [-0.1, -0.05) is 11.6 Å². The molecular weight excluding hydrogens is 283 g/mol. The molecule has 4 nitrogen and oxygen atoms in total. The van der Waals surface area contributed by atoms with Gasteiger partial charge in [0.25, 0.3) is 0 Å². The molecular formula is C11H15ClF3N3O. The summed E-state index contributed by atoms with van der Waals surface area (Å²) in [6.45, 7) is 2.30. The van der Waals surface area contributed by atoms with Crippen LogP contribution in [0.1, 0.15) is 19.7 Å². The molecule has 0 saturated heterocycles. The van der Waals surface area contributed by atoms with Gasteiger partial charge in [0.2, 0.25) is 0 Å². The molecule has 0 N–H and O–H groups in total. The van der Waals surface area contributed by atoms with Crippen LogP contribution < -0.4 is 4.90 Å². The quantitative estimate of drug-likeness (QED) is 0.783. The second kappa shape index (κ2) is 6.38. The second-order valence-electron chi connectivity index (χ2n) is 4.23. The lowest BCUT2D eigenvalue weighted by Gasteiger charge is -2.29. The van der Waals surface area contributed by atoms with Gasteiger partial charge in [-0.2, -0.15) is 13.2 Å². The molecule has 0 fully saturated rings. The molecule has 19 heavy (non-hydrogen) atoms. The molecule has 0 radical (unpaired) electrons. The normalized spacial score (nSPS) is 12.0. The molecule has 0 amide bonds. The lowest BCUT2D eigenvalue weighted by Crippen LogP contribution is -2.39. The maximum absolute atomic E-state index is 12.6. The third-order valence-corrected chi connectivity index (χ3v) is 2.46. The van der Waals surface area contributed by atoms with Crippen molar-refractivity contribution in [3.8, 4) is 0 Å². The van der Waals surface area contributed by atoms with E-state index in [0.717, 1.165) is 4.90 Å². The Bertz CT molecular complexity index is 426. The SMILES string of the molecule is COCc1nc(Cl)cc(N(CC(F)(F)F)C(C)C)n1. The van der Waals surface area contributed by atoms with E-state index in [4.69, 9.17) is 16.3 Å². The molecule has 0 aromatic carbocycles. The zero-order valence-electron chi connectivity index (χ0n) is 10.8. The Morgan fingerprint density at radius 2 is 2.00 bits per heavy atom. The van der Waals surface area contributed by atoms with Gasteiger partial charge in [-0.3, -0.25) is 0 Å². The lowest BCUT2D eigenvalue weighted by molar-refractivity contribution is -0.120. The van der Waals surface area contributed by atoms with Crippen LogP contribution in [-0.4, -0.2) is 35.8 Å². The van der Waals surface area contributed by atoms with Gasteiger partial charge in [0, 0.05) is 19.2 Å². The summed E-state index contributed by atoms with van der Waals surface area (Å²) >= 11 is 5.79. The number of rotatable bonds is 5.